The topological polar surface area (TPSA) is 0 Å². The molecule has 0 aliphatic rings. The van der Waals surface area contributed by atoms with E-state index < -0.39 is 34.9 Å². The summed E-state index contributed by atoms with van der Waals surface area (Å²) >= 11 is 0. The van der Waals surface area contributed by atoms with Gasteiger partial charge in [0.05, 0.1) is 0 Å². The predicted octanol–water partition coefficient (Wildman–Crippen LogP) is 10.7. The number of hydrogen-bond acceptors (Lipinski definition) is 0. The molecule has 0 aliphatic heterocycles. The van der Waals surface area contributed by atoms with Crippen LogP contribution in [-0.4, -0.2) is 0 Å². The van der Waals surface area contributed by atoms with Gasteiger partial charge >= 0.3 is 0 Å². The number of allylic oxidation sites excluding steroid dienone is 1. The molecule has 0 N–H and O–H groups in total. The maximum absolute atomic E-state index is 14.8. The summed E-state index contributed by atoms with van der Waals surface area (Å²) < 4.78 is 82.1. The molecule has 0 aromatic heterocycles. The summed E-state index contributed by atoms with van der Waals surface area (Å²) in [6.07, 6.45) is 1.59. The van der Waals surface area contributed by atoms with Crippen LogP contribution in [-0.2, 0) is 12.8 Å². The minimum absolute atomic E-state index is 0.0239. The standard InChI is InChI=1S/C35H24F6/c1-21(36)34(40)27-14-12-25(13-15-27)24-8-4-22(5-9-24)2-3-23-6-10-26(11-7-23)28-16-17-30(31(37)18-28)29-19-32(38)35(41)33(39)20-29/h4-20H,2-3H2,1H3. The largest absolute Gasteiger partial charge is 0.209 e. The second-order valence-electron chi connectivity index (χ2n) is 9.77. The third-order valence-electron chi connectivity index (χ3n) is 6.98. The minimum atomic E-state index is -1.59. The molecular weight excluding hydrogens is 534 g/mol. The van der Waals surface area contributed by atoms with E-state index in [-0.39, 0.29) is 16.7 Å². The summed E-state index contributed by atoms with van der Waals surface area (Å²) in [5.74, 6) is -6.71. The maximum atomic E-state index is 14.8. The Hall–Kier alpha value is -4.58. The van der Waals surface area contributed by atoms with Gasteiger partial charge in [0, 0.05) is 11.1 Å². The van der Waals surface area contributed by atoms with Crippen molar-refractivity contribution >= 4 is 5.83 Å². The van der Waals surface area contributed by atoms with Gasteiger partial charge in [-0.3, -0.25) is 0 Å². The first kappa shape index (κ1) is 28.0. The zero-order valence-corrected chi connectivity index (χ0v) is 22.0. The first-order valence-corrected chi connectivity index (χ1v) is 12.9. The van der Waals surface area contributed by atoms with Gasteiger partial charge in [0.15, 0.2) is 23.3 Å². The number of aryl methyl sites for hydroxylation is 2. The van der Waals surface area contributed by atoms with E-state index in [4.69, 9.17) is 0 Å². The highest BCUT2D eigenvalue weighted by atomic mass is 19.2. The van der Waals surface area contributed by atoms with Crippen LogP contribution in [0.25, 0.3) is 39.2 Å². The Morgan fingerprint density at radius 1 is 0.488 bits per heavy atom. The van der Waals surface area contributed by atoms with Crippen molar-refractivity contribution in [3.63, 3.8) is 0 Å². The molecule has 5 rings (SSSR count). The number of halogens is 6. The molecule has 0 amide bonds. The maximum Gasteiger partial charge on any atom is 0.194 e. The molecule has 6 heteroatoms. The molecule has 5 aromatic rings. The molecule has 206 valence electrons. The highest BCUT2D eigenvalue weighted by Crippen LogP contribution is 2.30. The molecule has 5 aromatic carbocycles. The van der Waals surface area contributed by atoms with E-state index >= 15 is 0 Å². The number of hydrogen-bond donors (Lipinski definition) is 0. The zero-order chi connectivity index (χ0) is 29.1. The van der Waals surface area contributed by atoms with Gasteiger partial charge in [0.1, 0.15) is 11.6 Å². The van der Waals surface area contributed by atoms with Crippen molar-refractivity contribution in [1.82, 2.24) is 0 Å². The second-order valence-corrected chi connectivity index (χ2v) is 9.77. The second kappa shape index (κ2) is 11.9. The van der Waals surface area contributed by atoms with E-state index in [9.17, 15) is 26.3 Å². The summed E-state index contributed by atoms with van der Waals surface area (Å²) in [6.45, 7) is 1.09. The van der Waals surface area contributed by atoms with Crippen molar-refractivity contribution < 1.29 is 26.3 Å². The summed E-state index contributed by atoms with van der Waals surface area (Å²) in [4.78, 5) is 0. The lowest BCUT2D eigenvalue weighted by atomic mass is 9.97. The van der Waals surface area contributed by atoms with E-state index in [1.54, 1.807) is 30.3 Å². The lowest BCUT2D eigenvalue weighted by Crippen LogP contribution is -1.94. The van der Waals surface area contributed by atoms with Crippen LogP contribution in [0.2, 0.25) is 0 Å². The third kappa shape index (κ3) is 6.27. The molecule has 41 heavy (non-hydrogen) atoms. The summed E-state index contributed by atoms with van der Waals surface area (Å²) in [5.41, 5.74) is 5.60. The summed E-state index contributed by atoms with van der Waals surface area (Å²) in [5, 5.41) is 0. The summed E-state index contributed by atoms with van der Waals surface area (Å²) in [7, 11) is 0. The smallest absolute Gasteiger partial charge is 0.194 e. The highest BCUT2D eigenvalue weighted by Gasteiger charge is 2.15. The van der Waals surface area contributed by atoms with Gasteiger partial charge in [0.25, 0.3) is 0 Å². The molecule has 0 radical (unpaired) electrons. The predicted molar refractivity (Wildman–Crippen MR) is 151 cm³/mol. The highest BCUT2D eigenvalue weighted by molar-refractivity contribution is 5.71. The van der Waals surface area contributed by atoms with Crippen molar-refractivity contribution in [3.05, 3.63) is 149 Å². The Bertz CT molecular complexity index is 1690. The van der Waals surface area contributed by atoms with Gasteiger partial charge in [-0.15, -0.1) is 0 Å². The van der Waals surface area contributed by atoms with Crippen LogP contribution in [0, 0.1) is 23.3 Å². The van der Waals surface area contributed by atoms with Crippen LogP contribution >= 0.6 is 0 Å². The first-order chi connectivity index (χ1) is 19.7. The van der Waals surface area contributed by atoms with E-state index in [1.165, 1.54) is 12.1 Å². The number of benzene rings is 5. The van der Waals surface area contributed by atoms with E-state index in [0.717, 1.165) is 59.7 Å². The minimum Gasteiger partial charge on any atom is -0.209 e. The molecule has 0 heterocycles. The molecule has 0 fully saturated rings. The summed E-state index contributed by atoms with van der Waals surface area (Å²) in [6, 6.07) is 28.3. The molecule has 0 saturated carbocycles. The van der Waals surface area contributed by atoms with Gasteiger partial charge in [-0.25, -0.2) is 26.3 Å². The van der Waals surface area contributed by atoms with Gasteiger partial charge in [0.2, 0.25) is 0 Å². The van der Waals surface area contributed by atoms with Crippen molar-refractivity contribution in [2.45, 2.75) is 19.8 Å². The van der Waals surface area contributed by atoms with Crippen molar-refractivity contribution in [1.29, 1.82) is 0 Å². The lowest BCUT2D eigenvalue weighted by Gasteiger charge is -2.09. The molecule has 0 bridgehead atoms. The first-order valence-electron chi connectivity index (χ1n) is 12.9. The Morgan fingerprint density at radius 3 is 1.37 bits per heavy atom. The molecule has 0 atom stereocenters. The monoisotopic (exact) mass is 558 g/mol. The SMILES string of the molecule is CC(F)=C(F)c1ccc(-c2ccc(CCc3ccc(-c4ccc(-c5cc(F)c(F)c(F)c5)c(F)c4)cc3)cc2)cc1. The molecular formula is C35H24F6. The average Bonchev–Trinajstić information content (AvgIpc) is 2.98. The normalized spacial score (nSPS) is 11.9. The van der Waals surface area contributed by atoms with Gasteiger partial charge in [-0.05, 0) is 76.9 Å². The zero-order valence-electron chi connectivity index (χ0n) is 22.0. The third-order valence-corrected chi connectivity index (χ3v) is 6.98. The molecule has 0 aliphatic carbocycles. The van der Waals surface area contributed by atoms with Crippen LogP contribution in [0.5, 0.6) is 0 Å². The van der Waals surface area contributed by atoms with Crippen LogP contribution < -0.4 is 0 Å². The van der Waals surface area contributed by atoms with Crippen molar-refractivity contribution in [3.8, 4) is 33.4 Å². The molecule has 0 unspecified atom stereocenters. The van der Waals surface area contributed by atoms with Crippen LogP contribution in [0.3, 0.4) is 0 Å². The fourth-order valence-corrected chi connectivity index (χ4v) is 4.66. The van der Waals surface area contributed by atoms with Crippen molar-refractivity contribution in [2.75, 3.05) is 0 Å². The lowest BCUT2D eigenvalue weighted by molar-refractivity contribution is 0.447. The van der Waals surface area contributed by atoms with Crippen LogP contribution in [0.15, 0.2) is 109 Å². The molecule has 0 nitrogen and oxygen atoms in total. The van der Waals surface area contributed by atoms with E-state index in [2.05, 4.69) is 0 Å². The fourth-order valence-electron chi connectivity index (χ4n) is 4.66. The molecule has 0 spiro atoms. The Labute approximate surface area is 234 Å². The van der Waals surface area contributed by atoms with Gasteiger partial charge in [-0.1, -0.05) is 84.9 Å². The Morgan fingerprint density at radius 2 is 0.902 bits per heavy atom. The molecule has 0 saturated heterocycles. The van der Waals surface area contributed by atoms with Crippen LogP contribution in [0.4, 0.5) is 26.3 Å². The number of rotatable bonds is 7. The van der Waals surface area contributed by atoms with Crippen LogP contribution in [0.1, 0.15) is 23.6 Å². The van der Waals surface area contributed by atoms with Gasteiger partial charge in [-0.2, -0.15) is 0 Å². The average molecular weight is 559 g/mol. The van der Waals surface area contributed by atoms with Crippen molar-refractivity contribution in [2.24, 2.45) is 0 Å². The van der Waals surface area contributed by atoms with Gasteiger partial charge < -0.3 is 0 Å². The quantitative estimate of drug-likeness (QED) is 0.138. The Balaban J connectivity index is 1.22. The van der Waals surface area contributed by atoms with E-state index in [1.807, 2.05) is 48.5 Å². The Kier molecular flexibility index (Phi) is 8.11. The fraction of sp³-hybridized carbons (Fsp3) is 0.0857. The van der Waals surface area contributed by atoms with E-state index in [0.29, 0.717) is 5.56 Å².